The summed E-state index contributed by atoms with van der Waals surface area (Å²) in [6.45, 7) is 0.987. The Bertz CT molecular complexity index is 922. The van der Waals surface area contributed by atoms with Crippen molar-refractivity contribution in [1.29, 1.82) is 0 Å². The third kappa shape index (κ3) is 2.97. The molecule has 2 aromatic carbocycles. The van der Waals surface area contributed by atoms with Gasteiger partial charge in [-0.05, 0) is 22.3 Å². The molecule has 0 bridgehead atoms. The predicted octanol–water partition coefficient (Wildman–Crippen LogP) is 2.84. The Morgan fingerprint density at radius 1 is 1.03 bits per heavy atom. The molecule has 5 rings (SSSR count). The molecule has 0 aromatic heterocycles. The third-order valence-electron chi connectivity index (χ3n) is 5.96. The van der Waals surface area contributed by atoms with E-state index in [2.05, 4.69) is 12.1 Å². The molecule has 0 unspecified atom stereocenters. The maximum atomic E-state index is 12.8. The standard InChI is InChI=1S/C22H21NO6/c24-20(25)19-11-22(28-9-10-29-22)13-23(19)21(26)27-12-18-16-7-3-1-5-14(16)15-6-2-4-8-17(15)18/h1-8,18-19H,9-13H2,(H,24,25)/t19-/m1/s1. The molecule has 1 N–H and O–H groups in total. The van der Waals surface area contributed by atoms with E-state index < -0.39 is 23.9 Å². The number of aliphatic carboxylic acids is 1. The largest absolute Gasteiger partial charge is 0.480 e. The van der Waals surface area contributed by atoms with Gasteiger partial charge in [0.2, 0.25) is 0 Å². The molecule has 2 aliphatic heterocycles. The highest BCUT2D eigenvalue weighted by molar-refractivity contribution is 5.82. The third-order valence-corrected chi connectivity index (χ3v) is 5.96. The number of hydrogen-bond acceptors (Lipinski definition) is 5. The summed E-state index contributed by atoms with van der Waals surface area (Å²) in [7, 11) is 0. The Kier molecular flexibility index (Phi) is 4.29. The van der Waals surface area contributed by atoms with Gasteiger partial charge in [0.25, 0.3) is 0 Å². The van der Waals surface area contributed by atoms with Crippen molar-refractivity contribution in [3.05, 3.63) is 59.7 Å². The van der Waals surface area contributed by atoms with Gasteiger partial charge in [-0.25, -0.2) is 9.59 Å². The summed E-state index contributed by atoms with van der Waals surface area (Å²) in [4.78, 5) is 25.7. The second-order valence-electron chi connectivity index (χ2n) is 7.60. The number of carboxylic acids is 1. The lowest BCUT2D eigenvalue weighted by atomic mass is 9.98. The zero-order chi connectivity index (χ0) is 20.0. The summed E-state index contributed by atoms with van der Waals surface area (Å²) in [5, 5.41) is 9.56. The van der Waals surface area contributed by atoms with E-state index in [0.717, 1.165) is 22.3 Å². The highest BCUT2D eigenvalue weighted by atomic mass is 16.7. The zero-order valence-electron chi connectivity index (χ0n) is 15.7. The van der Waals surface area contributed by atoms with Crippen LogP contribution in [-0.2, 0) is 19.0 Å². The Labute approximate surface area is 167 Å². The number of amides is 1. The molecule has 2 aromatic rings. The van der Waals surface area contributed by atoms with Gasteiger partial charge < -0.3 is 19.3 Å². The number of hydrogen-bond donors (Lipinski definition) is 1. The maximum absolute atomic E-state index is 12.8. The van der Waals surface area contributed by atoms with Crippen molar-refractivity contribution < 1.29 is 28.9 Å². The Morgan fingerprint density at radius 2 is 1.62 bits per heavy atom. The van der Waals surface area contributed by atoms with Gasteiger partial charge in [0.1, 0.15) is 12.6 Å². The summed E-state index contributed by atoms with van der Waals surface area (Å²) < 4.78 is 16.8. The van der Waals surface area contributed by atoms with E-state index in [4.69, 9.17) is 14.2 Å². The van der Waals surface area contributed by atoms with Crippen molar-refractivity contribution in [1.82, 2.24) is 4.90 Å². The first-order valence-electron chi connectivity index (χ1n) is 9.70. The molecule has 3 aliphatic rings. The van der Waals surface area contributed by atoms with Crippen molar-refractivity contribution >= 4 is 12.1 Å². The average Bonchev–Trinajstić information content (AvgIpc) is 3.43. The average molecular weight is 395 g/mol. The van der Waals surface area contributed by atoms with Gasteiger partial charge in [-0.15, -0.1) is 0 Å². The number of carbonyl (C=O) groups is 2. The van der Waals surface area contributed by atoms with Gasteiger partial charge >= 0.3 is 12.1 Å². The van der Waals surface area contributed by atoms with Crippen LogP contribution in [-0.4, -0.2) is 60.3 Å². The number of ether oxygens (including phenoxy) is 3. The first-order chi connectivity index (χ1) is 14.1. The number of benzene rings is 2. The molecule has 1 spiro atoms. The van der Waals surface area contributed by atoms with Crippen LogP contribution in [0.3, 0.4) is 0 Å². The monoisotopic (exact) mass is 395 g/mol. The molecular formula is C22H21NO6. The first-order valence-corrected chi connectivity index (χ1v) is 9.70. The summed E-state index contributed by atoms with van der Waals surface area (Å²) in [5.41, 5.74) is 4.49. The van der Waals surface area contributed by atoms with Gasteiger partial charge in [0.15, 0.2) is 5.79 Å². The van der Waals surface area contributed by atoms with Gasteiger partial charge in [-0.3, -0.25) is 4.90 Å². The maximum Gasteiger partial charge on any atom is 0.410 e. The molecule has 1 aliphatic carbocycles. The van der Waals surface area contributed by atoms with Crippen molar-refractivity contribution in [3.8, 4) is 11.1 Å². The van der Waals surface area contributed by atoms with Crippen LogP contribution in [0.1, 0.15) is 23.5 Å². The van der Waals surface area contributed by atoms with E-state index >= 15 is 0 Å². The summed E-state index contributed by atoms with van der Waals surface area (Å²) in [6, 6.07) is 15.1. The van der Waals surface area contributed by atoms with E-state index in [1.807, 2.05) is 36.4 Å². The molecule has 2 fully saturated rings. The van der Waals surface area contributed by atoms with Crippen LogP contribution in [0.15, 0.2) is 48.5 Å². The number of carboxylic acid groups (broad SMARTS) is 1. The molecule has 1 atom stereocenters. The highest BCUT2D eigenvalue weighted by Gasteiger charge is 2.53. The Balaban J connectivity index is 1.35. The highest BCUT2D eigenvalue weighted by Crippen LogP contribution is 2.44. The predicted molar refractivity (Wildman–Crippen MR) is 102 cm³/mol. The lowest BCUT2D eigenvalue weighted by molar-refractivity contribution is -0.150. The molecule has 2 saturated heterocycles. The lowest BCUT2D eigenvalue weighted by Gasteiger charge is -2.23. The van der Waals surface area contributed by atoms with Crippen LogP contribution in [0.2, 0.25) is 0 Å². The van der Waals surface area contributed by atoms with Crippen molar-refractivity contribution in [3.63, 3.8) is 0 Å². The molecule has 0 radical (unpaired) electrons. The fourth-order valence-electron chi connectivity index (χ4n) is 4.63. The topological polar surface area (TPSA) is 85.3 Å². The lowest BCUT2D eigenvalue weighted by Crippen LogP contribution is -2.42. The van der Waals surface area contributed by atoms with Crippen molar-refractivity contribution in [2.45, 2.75) is 24.2 Å². The minimum absolute atomic E-state index is 0.0562. The van der Waals surface area contributed by atoms with E-state index in [1.54, 1.807) is 0 Å². The quantitative estimate of drug-likeness (QED) is 0.860. The molecule has 2 heterocycles. The number of rotatable bonds is 3. The first kappa shape index (κ1) is 18.1. The molecule has 0 saturated carbocycles. The SMILES string of the molecule is O=C(O)[C@H]1CC2(CN1C(=O)OCC1c3ccccc3-c3ccccc31)OCCO2. The second-order valence-corrected chi connectivity index (χ2v) is 7.60. The van der Waals surface area contributed by atoms with E-state index in [0.29, 0.717) is 13.2 Å². The van der Waals surface area contributed by atoms with E-state index in [9.17, 15) is 14.7 Å². The minimum atomic E-state index is -1.09. The van der Waals surface area contributed by atoms with Crippen LogP contribution < -0.4 is 0 Å². The molecule has 7 nitrogen and oxygen atoms in total. The van der Waals surface area contributed by atoms with Gasteiger partial charge in [0.05, 0.1) is 19.8 Å². The Morgan fingerprint density at radius 3 is 2.21 bits per heavy atom. The number of likely N-dealkylation sites (tertiary alicyclic amines) is 1. The minimum Gasteiger partial charge on any atom is -0.480 e. The van der Waals surface area contributed by atoms with Gasteiger partial charge in [-0.1, -0.05) is 48.5 Å². The smallest absolute Gasteiger partial charge is 0.410 e. The summed E-state index contributed by atoms with van der Waals surface area (Å²) in [6.07, 6.45) is -0.553. The molecular weight excluding hydrogens is 374 g/mol. The summed E-state index contributed by atoms with van der Waals surface area (Å²) >= 11 is 0. The summed E-state index contributed by atoms with van der Waals surface area (Å²) in [5.74, 6) is -2.20. The van der Waals surface area contributed by atoms with Crippen LogP contribution in [0.5, 0.6) is 0 Å². The fraction of sp³-hybridized carbons (Fsp3) is 0.364. The van der Waals surface area contributed by atoms with E-state index in [-0.39, 0.29) is 25.5 Å². The van der Waals surface area contributed by atoms with Crippen LogP contribution in [0.4, 0.5) is 4.79 Å². The second kappa shape index (κ2) is 6.86. The normalized spacial score (nSPS) is 21.9. The number of nitrogens with zero attached hydrogens (tertiary/aromatic N) is 1. The fourth-order valence-corrected chi connectivity index (χ4v) is 4.63. The number of fused-ring (bicyclic) bond motifs is 3. The molecule has 150 valence electrons. The zero-order valence-corrected chi connectivity index (χ0v) is 15.7. The molecule has 7 heteroatoms. The Hall–Kier alpha value is -2.90. The van der Waals surface area contributed by atoms with Crippen molar-refractivity contribution in [2.24, 2.45) is 0 Å². The van der Waals surface area contributed by atoms with Crippen LogP contribution in [0, 0.1) is 0 Å². The van der Waals surface area contributed by atoms with Gasteiger partial charge in [-0.2, -0.15) is 0 Å². The van der Waals surface area contributed by atoms with E-state index in [1.165, 1.54) is 4.90 Å². The van der Waals surface area contributed by atoms with Gasteiger partial charge in [0, 0.05) is 12.3 Å². The van der Waals surface area contributed by atoms with Crippen molar-refractivity contribution in [2.75, 3.05) is 26.4 Å². The number of carbonyl (C=O) groups excluding carboxylic acids is 1. The van der Waals surface area contributed by atoms with Crippen LogP contribution in [0.25, 0.3) is 11.1 Å². The van der Waals surface area contributed by atoms with Crippen LogP contribution >= 0.6 is 0 Å². The molecule has 29 heavy (non-hydrogen) atoms. The molecule has 1 amide bonds.